The maximum absolute atomic E-state index is 13.7. The van der Waals surface area contributed by atoms with Crippen LogP contribution in [0.5, 0.6) is 0 Å². The summed E-state index contributed by atoms with van der Waals surface area (Å²) in [5.74, 6) is -0.507. The average Bonchev–Trinajstić information content (AvgIpc) is 3.25. The van der Waals surface area contributed by atoms with Crippen molar-refractivity contribution >= 4 is 11.9 Å². The van der Waals surface area contributed by atoms with Crippen LogP contribution in [0.2, 0.25) is 0 Å². The fraction of sp³-hybridized carbons (Fsp3) is 0.391. The van der Waals surface area contributed by atoms with Gasteiger partial charge in [0.25, 0.3) is 0 Å². The smallest absolute Gasteiger partial charge is 0.328 e. The third-order valence-corrected chi connectivity index (χ3v) is 5.34. The van der Waals surface area contributed by atoms with E-state index < -0.39 is 12.1 Å². The number of likely N-dealkylation sites (tertiary alicyclic amines) is 1. The molecule has 2 aromatic carbocycles. The van der Waals surface area contributed by atoms with Crippen molar-refractivity contribution in [2.24, 2.45) is 0 Å². The Bertz CT molecular complexity index is 797. The Kier molecular flexibility index (Phi) is 7.38. The van der Waals surface area contributed by atoms with Gasteiger partial charge in [-0.05, 0) is 24.0 Å². The molecule has 0 saturated carbocycles. The minimum absolute atomic E-state index is 0.0656. The van der Waals surface area contributed by atoms with Crippen molar-refractivity contribution in [1.29, 1.82) is 0 Å². The standard InChI is InChI=1S/C23H28N2O4/c1-29-23(28)20-13-8-14-25(20)22(27)21(19-11-6-3-7-12-19)24(15-16-26)17-18-9-4-2-5-10-18/h2-7,9-12,20-21,26H,8,13-17H2,1H3/t20-,21+/m0/s1. The first kappa shape index (κ1) is 21.0. The molecular weight excluding hydrogens is 368 g/mol. The molecule has 0 radical (unpaired) electrons. The van der Waals surface area contributed by atoms with Crippen molar-refractivity contribution in [3.8, 4) is 0 Å². The average molecular weight is 396 g/mol. The number of esters is 1. The highest BCUT2D eigenvalue weighted by atomic mass is 16.5. The van der Waals surface area contributed by atoms with E-state index in [1.54, 1.807) is 4.90 Å². The molecule has 2 aromatic rings. The summed E-state index contributed by atoms with van der Waals surface area (Å²) in [5, 5.41) is 9.70. The molecule has 1 saturated heterocycles. The lowest BCUT2D eigenvalue weighted by molar-refractivity contribution is -0.153. The molecule has 3 rings (SSSR count). The van der Waals surface area contributed by atoms with Crippen LogP contribution in [0.3, 0.4) is 0 Å². The van der Waals surface area contributed by atoms with Crippen molar-refractivity contribution in [3.63, 3.8) is 0 Å². The molecule has 1 fully saturated rings. The molecule has 0 aromatic heterocycles. The second-order valence-electron chi connectivity index (χ2n) is 7.21. The number of amides is 1. The van der Waals surface area contributed by atoms with Gasteiger partial charge in [0.1, 0.15) is 12.1 Å². The van der Waals surface area contributed by atoms with Gasteiger partial charge in [-0.25, -0.2) is 4.79 Å². The Morgan fingerprint density at radius 1 is 1.14 bits per heavy atom. The van der Waals surface area contributed by atoms with Crippen LogP contribution < -0.4 is 0 Å². The van der Waals surface area contributed by atoms with Gasteiger partial charge in [0.2, 0.25) is 5.91 Å². The predicted molar refractivity (Wildman–Crippen MR) is 110 cm³/mol. The van der Waals surface area contributed by atoms with Crippen LogP contribution in [0.15, 0.2) is 60.7 Å². The topological polar surface area (TPSA) is 70.1 Å². The van der Waals surface area contributed by atoms with E-state index in [2.05, 4.69) is 0 Å². The zero-order valence-corrected chi connectivity index (χ0v) is 16.7. The summed E-state index contributed by atoms with van der Waals surface area (Å²) in [7, 11) is 1.35. The third kappa shape index (κ3) is 5.02. The van der Waals surface area contributed by atoms with E-state index >= 15 is 0 Å². The molecule has 6 heteroatoms. The maximum atomic E-state index is 13.7. The molecule has 0 aliphatic carbocycles. The summed E-state index contributed by atoms with van der Waals surface area (Å²) in [6, 6.07) is 18.3. The summed E-state index contributed by atoms with van der Waals surface area (Å²) >= 11 is 0. The van der Waals surface area contributed by atoms with Crippen molar-refractivity contribution in [2.75, 3.05) is 26.8 Å². The second kappa shape index (κ2) is 10.2. The number of nitrogens with zero attached hydrogens (tertiary/aromatic N) is 2. The van der Waals surface area contributed by atoms with Gasteiger partial charge in [-0.3, -0.25) is 9.69 Å². The van der Waals surface area contributed by atoms with Gasteiger partial charge < -0.3 is 14.7 Å². The Balaban J connectivity index is 1.94. The Hall–Kier alpha value is -2.70. The third-order valence-electron chi connectivity index (χ3n) is 5.34. The largest absolute Gasteiger partial charge is 0.467 e. The van der Waals surface area contributed by atoms with Crippen LogP contribution in [0, 0.1) is 0 Å². The van der Waals surface area contributed by atoms with E-state index in [0.29, 0.717) is 26.1 Å². The Labute approximate surface area is 171 Å². The molecule has 6 nitrogen and oxygen atoms in total. The van der Waals surface area contributed by atoms with Crippen LogP contribution in [-0.2, 0) is 20.9 Å². The van der Waals surface area contributed by atoms with Crippen LogP contribution in [0.4, 0.5) is 0 Å². The van der Waals surface area contributed by atoms with Crippen molar-refractivity contribution in [3.05, 3.63) is 71.8 Å². The van der Waals surface area contributed by atoms with Gasteiger partial charge in [-0.1, -0.05) is 60.7 Å². The van der Waals surface area contributed by atoms with Crippen LogP contribution in [-0.4, -0.2) is 59.6 Å². The van der Waals surface area contributed by atoms with E-state index in [1.807, 2.05) is 65.6 Å². The number of aliphatic hydroxyl groups is 1. The Morgan fingerprint density at radius 2 is 1.79 bits per heavy atom. The number of methoxy groups -OCH3 is 1. The molecule has 1 aliphatic rings. The minimum Gasteiger partial charge on any atom is -0.467 e. The van der Waals surface area contributed by atoms with E-state index in [0.717, 1.165) is 17.5 Å². The SMILES string of the molecule is COC(=O)[C@@H]1CCCN1C(=O)[C@@H](c1ccccc1)N(CCO)Cc1ccccc1. The summed E-state index contributed by atoms with van der Waals surface area (Å²) in [6.45, 7) is 1.32. The summed E-state index contributed by atoms with van der Waals surface area (Å²) in [5.41, 5.74) is 1.90. The highest BCUT2D eigenvalue weighted by Gasteiger charge is 2.40. The lowest BCUT2D eigenvalue weighted by Gasteiger charge is -2.35. The number of carbonyl (C=O) groups excluding carboxylic acids is 2. The van der Waals surface area contributed by atoms with Gasteiger partial charge >= 0.3 is 5.97 Å². The fourth-order valence-electron chi connectivity index (χ4n) is 3.96. The molecule has 1 heterocycles. The Morgan fingerprint density at radius 3 is 2.41 bits per heavy atom. The van der Waals surface area contributed by atoms with E-state index in [4.69, 9.17) is 4.74 Å². The van der Waals surface area contributed by atoms with Gasteiger partial charge in [0, 0.05) is 19.6 Å². The first-order valence-electron chi connectivity index (χ1n) is 9.97. The monoisotopic (exact) mass is 396 g/mol. The zero-order chi connectivity index (χ0) is 20.6. The van der Waals surface area contributed by atoms with Gasteiger partial charge in [-0.15, -0.1) is 0 Å². The van der Waals surface area contributed by atoms with E-state index in [9.17, 15) is 14.7 Å². The lowest BCUT2D eigenvalue weighted by atomic mass is 10.0. The molecule has 29 heavy (non-hydrogen) atoms. The molecule has 0 spiro atoms. The number of hydrogen-bond acceptors (Lipinski definition) is 5. The molecule has 2 atom stereocenters. The molecule has 0 bridgehead atoms. The fourth-order valence-corrected chi connectivity index (χ4v) is 3.96. The molecule has 1 N–H and O–H groups in total. The highest BCUT2D eigenvalue weighted by molar-refractivity contribution is 5.89. The van der Waals surface area contributed by atoms with Crippen molar-refractivity contribution in [1.82, 2.24) is 9.80 Å². The number of benzene rings is 2. The predicted octanol–water partition coefficient (Wildman–Crippen LogP) is 2.39. The van der Waals surface area contributed by atoms with E-state index in [-0.39, 0.29) is 18.5 Å². The first-order chi connectivity index (χ1) is 14.2. The summed E-state index contributed by atoms with van der Waals surface area (Å²) in [6.07, 6.45) is 1.38. The van der Waals surface area contributed by atoms with Crippen LogP contribution in [0.1, 0.15) is 30.0 Å². The zero-order valence-electron chi connectivity index (χ0n) is 16.7. The van der Waals surface area contributed by atoms with Crippen molar-refractivity contribution in [2.45, 2.75) is 31.5 Å². The number of aliphatic hydroxyl groups excluding tert-OH is 1. The summed E-state index contributed by atoms with van der Waals surface area (Å²) in [4.78, 5) is 29.5. The maximum Gasteiger partial charge on any atom is 0.328 e. The number of ether oxygens (including phenoxy) is 1. The van der Waals surface area contributed by atoms with Crippen molar-refractivity contribution < 1.29 is 19.4 Å². The van der Waals surface area contributed by atoms with Gasteiger partial charge in [0.05, 0.1) is 13.7 Å². The van der Waals surface area contributed by atoms with Gasteiger partial charge in [0.15, 0.2) is 0 Å². The normalized spacial score (nSPS) is 17.3. The lowest BCUT2D eigenvalue weighted by Crippen LogP contribution is -2.48. The van der Waals surface area contributed by atoms with Crippen LogP contribution in [0.25, 0.3) is 0 Å². The number of hydrogen-bond donors (Lipinski definition) is 1. The molecular formula is C23H28N2O4. The van der Waals surface area contributed by atoms with Gasteiger partial charge in [-0.2, -0.15) is 0 Å². The molecule has 0 unspecified atom stereocenters. The van der Waals surface area contributed by atoms with Crippen LogP contribution >= 0.6 is 0 Å². The minimum atomic E-state index is -0.589. The van der Waals surface area contributed by atoms with E-state index in [1.165, 1.54) is 7.11 Å². The molecule has 1 amide bonds. The second-order valence-corrected chi connectivity index (χ2v) is 7.21. The number of rotatable bonds is 8. The molecule has 1 aliphatic heterocycles. The first-order valence-corrected chi connectivity index (χ1v) is 9.97. The summed E-state index contributed by atoms with van der Waals surface area (Å²) < 4.78 is 4.92. The quantitative estimate of drug-likeness (QED) is 0.694. The number of carbonyl (C=O) groups is 2. The molecule has 154 valence electrons. The highest BCUT2D eigenvalue weighted by Crippen LogP contribution is 2.29.